The lowest BCUT2D eigenvalue weighted by Crippen LogP contribution is -2.39. The maximum absolute atomic E-state index is 13.6. The molecule has 7 nitrogen and oxygen atoms in total. The molecule has 1 aromatic heterocycles. The van der Waals surface area contributed by atoms with E-state index in [2.05, 4.69) is 29.2 Å². The zero-order chi connectivity index (χ0) is 23.1. The Morgan fingerprint density at radius 1 is 1.21 bits per heavy atom. The van der Waals surface area contributed by atoms with Gasteiger partial charge in [-0.05, 0) is 24.3 Å². The normalized spacial score (nSPS) is 19.5. The molecule has 0 bridgehead atoms. The number of anilines is 2. The van der Waals surface area contributed by atoms with Crippen LogP contribution in [0.5, 0.6) is 0 Å². The third kappa shape index (κ3) is 3.75. The summed E-state index contributed by atoms with van der Waals surface area (Å²) in [4.78, 5) is 27.5. The van der Waals surface area contributed by atoms with Crippen LogP contribution in [-0.4, -0.2) is 43.2 Å². The van der Waals surface area contributed by atoms with Gasteiger partial charge in [-0.1, -0.05) is 50.2 Å². The fourth-order valence-electron chi connectivity index (χ4n) is 5.24. The van der Waals surface area contributed by atoms with Crippen molar-refractivity contribution in [2.24, 2.45) is 11.8 Å². The average Bonchev–Trinajstić information content (AvgIpc) is 3.24. The number of nitrogens with one attached hydrogen (secondary N) is 1. The van der Waals surface area contributed by atoms with Crippen LogP contribution in [0, 0.1) is 11.8 Å². The van der Waals surface area contributed by atoms with E-state index < -0.39 is 0 Å². The SMILES string of the molecule is CCC(=O)OCCNc1cc(N2C[C@H](C)C[C@H](C)C2)c2noc3c2c1C(=O)c1ccccc1-3. The molecule has 0 unspecified atom stereocenters. The van der Waals surface area contributed by atoms with E-state index in [0.29, 0.717) is 41.7 Å². The second-order valence-corrected chi connectivity index (χ2v) is 9.28. The molecule has 5 rings (SSSR count). The number of aromatic nitrogens is 1. The number of carbonyl (C=O) groups is 2. The lowest BCUT2D eigenvalue weighted by atomic mass is 9.85. The van der Waals surface area contributed by atoms with Gasteiger partial charge in [0.25, 0.3) is 0 Å². The number of fused-ring (bicyclic) bond motifs is 2. The number of nitrogens with zero attached hydrogens (tertiary/aromatic N) is 2. The Morgan fingerprint density at radius 2 is 1.94 bits per heavy atom. The fourth-order valence-corrected chi connectivity index (χ4v) is 5.24. The minimum absolute atomic E-state index is 0.0497. The molecule has 0 amide bonds. The fraction of sp³-hybridized carbons (Fsp3) is 0.423. The van der Waals surface area contributed by atoms with Crippen LogP contribution in [-0.2, 0) is 9.53 Å². The Labute approximate surface area is 193 Å². The van der Waals surface area contributed by atoms with Gasteiger partial charge in [0.15, 0.2) is 11.5 Å². The lowest BCUT2D eigenvalue weighted by molar-refractivity contribution is -0.142. The molecular formula is C26H29N3O4. The topological polar surface area (TPSA) is 84.7 Å². The Morgan fingerprint density at radius 3 is 2.67 bits per heavy atom. The summed E-state index contributed by atoms with van der Waals surface area (Å²) in [6, 6.07) is 9.51. The summed E-state index contributed by atoms with van der Waals surface area (Å²) < 4.78 is 11.1. The van der Waals surface area contributed by atoms with Crippen LogP contribution in [0.25, 0.3) is 22.2 Å². The summed E-state index contributed by atoms with van der Waals surface area (Å²) in [5.41, 5.74) is 4.38. The first kappa shape index (κ1) is 21.5. The van der Waals surface area contributed by atoms with Crippen LogP contribution in [0.4, 0.5) is 11.4 Å². The van der Waals surface area contributed by atoms with Crippen molar-refractivity contribution in [3.8, 4) is 11.3 Å². The van der Waals surface area contributed by atoms with Crippen LogP contribution < -0.4 is 10.2 Å². The highest BCUT2D eigenvalue weighted by molar-refractivity contribution is 6.28. The first-order valence-electron chi connectivity index (χ1n) is 11.7. The molecule has 1 aliphatic carbocycles. The minimum atomic E-state index is -0.239. The number of rotatable bonds is 6. The molecule has 1 fully saturated rings. The number of ether oxygens (including phenoxy) is 1. The van der Waals surface area contributed by atoms with Gasteiger partial charge in [0.1, 0.15) is 12.1 Å². The summed E-state index contributed by atoms with van der Waals surface area (Å²) in [7, 11) is 0. The van der Waals surface area contributed by atoms with Crippen molar-refractivity contribution >= 4 is 34.0 Å². The zero-order valence-corrected chi connectivity index (χ0v) is 19.3. The van der Waals surface area contributed by atoms with Gasteiger partial charge in [0.05, 0.1) is 16.6 Å². The van der Waals surface area contributed by atoms with Gasteiger partial charge in [0, 0.05) is 42.9 Å². The second-order valence-electron chi connectivity index (χ2n) is 9.28. The van der Waals surface area contributed by atoms with E-state index in [1.165, 1.54) is 6.42 Å². The summed E-state index contributed by atoms with van der Waals surface area (Å²) in [5, 5.41) is 8.57. The second kappa shape index (κ2) is 8.54. The minimum Gasteiger partial charge on any atom is -0.464 e. The lowest BCUT2D eigenvalue weighted by Gasteiger charge is -2.37. The molecule has 3 aromatic rings. The van der Waals surface area contributed by atoms with E-state index in [1.807, 2.05) is 30.3 Å². The number of piperidine rings is 1. The molecule has 1 N–H and O–H groups in total. The number of carbonyl (C=O) groups excluding carboxylic acids is 2. The van der Waals surface area contributed by atoms with E-state index in [9.17, 15) is 9.59 Å². The van der Waals surface area contributed by atoms with E-state index in [1.54, 1.807) is 6.92 Å². The van der Waals surface area contributed by atoms with Crippen LogP contribution >= 0.6 is 0 Å². The van der Waals surface area contributed by atoms with Gasteiger partial charge >= 0.3 is 5.97 Å². The van der Waals surface area contributed by atoms with Gasteiger partial charge in [0.2, 0.25) is 0 Å². The van der Waals surface area contributed by atoms with Gasteiger partial charge in [-0.15, -0.1) is 0 Å². The largest absolute Gasteiger partial charge is 0.464 e. The number of ketones is 1. The molecule has 2 atom stereocenters. The molecule has 33 heavy (non-hydrogen) atoms. The van der Waals surface area contributed by atoms with Crippen molar-refractivity contribution in [1.29, 1.82) is 0 Å². The molecular weight excluding hydrogens is 418 g/mol. The van der Waals surface area contributed by atoms with Crippen molar-refractivity contribution in [1.82, 2.24) is 5.16 Å². The van der Waals surface area contributed by atoms with Crippen molar-refractivity contribution < 1.29 is 18.8 Å². The Balaban J connectivity index is 1.62. The Hall–Kier alpha value is -3.35. The third-order valence-electron chi connectivity index (χ3n) is 6.56. The van der Waals surface area contributed by atoms with Gasteiger partial charge in [-0.3, -0.25) is 9.59 Å². The van der Waals surface area contributed by atoms with Crippen LogP contribution in [0.3, 0.4) is 0 Å². The predicted octanol–water partition coefficient (Wildman–Crippen LogP) is 4.89. The van der Waals surface area contributed by atoms with Crippen LogP contribution in [0.15, 0.2) is 34.9 Å². The molecule has 1 aliphatic heterocycles. The molecule has 7 heteroatoms. The molecule has 2 aromatic carbocycles. The molecule has 0 saturated carbocycles. The quantitative estimate of drug-likeness (QED) is 0.333. The predicted molar refractivity (Wildman–Crippen MR) is 128 cm³/mol. The van der Waals surface area contributed by atoms with Crippen molar-refractivity contribution in [2.45, 2.75) is 33.6 Å². The van der Waals surface area contributed by atoms with E-state index >= 15 is 0 Å². The van der Waals surface area contributed by atoms with Crippen molar-refractivity contribution in [3.63, 3.8) is 0 Å². The maximum atomic E-state index is 13.6. The Bertz CT molecular complexity index is 1220. The summed E-state index contributed by atoms with van der Waals surface area (Å²) in [6.45, 7) is 8.81. The molecule has 2 heterocycles. The van der Waals surface area contributed by atoms with Crippen molar-refractivity contribution in [2.75, 3.05) is 36.5 Å². The number of esters is 1. The third-order valence-corrected chi connectivity index (χ3v) is 6.56. The van der Waals surface area contributed by atoms with E-state index in [4.69, 9.17) is 9.26 Å². The molecule has 1 saturated heterocycles. The van der Waals surface area contributed by atoms with Crippen LogP contribution in [0.2, 0.25) is 0 Å². The number of hydrogen-bond donors (Lipinski definition) is 1. The van der Waals surface area contributed by atoms with E-state index in [-0.39, 0.29) is 18.4 Å². The highest BCUT2D eigenvalue weighted by Crippen LogP contribution is 2.46. The first-order valence-corrected chi connectivity index (χ1v) is 11.7. The maximum Gasteiger partial charge on any atom is 0.305 e. The zero-order valence-electron chi connectivity index (χ0n) is 19.3. The average molecular weight is 448 g/mol. The highest BCUT2D eigenvalue weighted by atomic mass is 16.5. The number of benzene rings is 2. The summed E-state index contributed by atoms with van der Waals surface area (Å²) in [5.74, 6) is 1.48. The summed E-state index contributed by atoms with van der Waals surface area (Å²) >= 11 is 0. The van der Waals surface area contributed by atoms with Gasteiger partial charge in [-0.2, -0.15) is 0 Å². The smallest absolute Gasteiger partial charge is 0.305 e. The van der Waals surface area contributed by atoms with Gasteiger partial charge in [-0.25, -0.2) is 0 Å². The first-order chi connectivity index (χ1) is 16.0. The standard InChI is InChI=1S/C26H29N3O4/c1-4-21(30)32-10-9-27-19-12-20(29-13-15(2)11-16(3)14-29)24-23-22(19)25(31)17-7-5-6-8-18(17)26(23)33-28-24/h5-8,12,15-16,27H,4,9-11,13-14H2,1-3H3/t15-,16+. The van der Waals surface area contributed by atoms with Gasteiger partial charge < -0.3 is 19.5 Å². The Kier molecular flexibility index (Phi) is 5.56. The van der Waals surface area contributed by atoms with E-state index in [0.717, 1.165) is 40.9 Å². The van der Waals surface area contributed by atoms with Crippen molar-refractivity contribution in [3.05, 3.63) is 41.5 Å². The summed E-state index contributed by atoms with van der Waals surface area (Å²) in [6.07, 6.45) is 1.54. The van der Waals surface area contributed by atoms with Crippen LogP contribution in [0.1, 0.15) is 49.5 Å². The molecule has 172 valence electrons. The number of hydrogen-bond acceptors (Lipinski definition) is 7. The highest BCUT2D eigenvalue weighted by Gasteiger charge is 2.34. The molecule has 0 spiro atoms. The molecule has 2 aliphatic rings. The molecule has 0 radical (unpaired) electrons. The monoisotopic (exact) mass is 447 g/mol.